The minimum Gasteiger partial charge on any atom is -0.340 e. The smallest absolute Gasteiger partial charge is 0.340 e. The summed E-state index contributed by atoms with van der Waals surface area (Å²) in [7, 11) is 0. The van der Waals surface area contributed by atoms with E-state index in [9.17, 15) is 18.0 Å². The van der Waals surface area contributed by atoms with Gasteiger partial charge in [0.2, 0.25) is 0 Å². The van der Waals surface area contributed by atoms with Crippen molar-refractivity contribution in [3.63, 3.8) is 0 Å². The number of aromatic nitrogens is 2. The van der Waals surface area contributed by atoms with Crippen molar-refractivity contribution in [3.8, 4) is 0 Å². The van der Waals surface area contributed by atoms with Crippen LogP contribution in [0.2, 0.25) is 10.2 Å². The Morgan fingerprint density at radius 3 is 2.27 bits per heavy atom. The Morgan fingerprint density at radius 2 is 1.60 bits per heavy atom. The molecule has 3 rings (SSSR count). The quantitative estimate of drug-likeness (QED) is 0.392. The van der Waals surface area contributed by atoms with Gasteiger partial charge in [0.15, 0.2) is 0 Å². The third-order valence-corrected chi connectivity index (χ3v) is 4.25. The Hall–Kier alpha value is -3.04. The summed E-state index contributed by atoms with van der Waals surface area (Å²) in [6.07, 6.45) is -4.63. The molecule has 2 aromatic carbocycles. The summed E-state index contributed by atoms with van der Waals surface area (Å²) >= 11 is 11.5. The highest BCUT2D eigenvalue weighted by Crippen LogP contribution is 2.36. The molecule has 0 spiro atoms. The normalized spacial score (nSPS) is 11.1. The van der Waals surface area contributed by atoms with Crippen LogP contribution in [0.5, 0.6) is 0 Å². The zero-order valence-corrected chi connectivity index (χ0v) is 16.8. The Labute approximate surface area is 179 Å². The molecule has 0 aliphatic carbocycles. The van der Waals surface area contributed by atoms with Crippen molar-refractivity contribution >= 4 is 52.1 Å². The van der Waals surface area contributed by atoms with Gasteiger partial charge in [-0.3, -0.25) is 0 Å². The van der Waals surface area contributed by atoms with Crippen molar-refractivity contribution < 1.29 is 18.0 Å². The molecule has 0 saturated carbocycles. The van der Waals surface area contributed by atoms with Crippen LogP contribution in [0.15, 0.2) is 48.5 Å². The molecule has 0 bridgehead atoms. The van der Waals surface area contributed by atoms with Gasteiger partial charge in [0.05, 0.1) is 10.6 Å². The number of hydrogen-bond acceptors (Lipinski definition) is 4. The predicted molar refractivity (Wildman–Crippen MR) is 111 cm³/mol. The van der Waals surface area contributed by atoms with E-state index >= 15 is 0 Å². The van der Waals surface area contributed by atoms with Crippen LogP contribution in [0.3, 0.4) is 0 Å². The first kappa shape index (κ1) is 21.7. The second-order valence-corrected chi connectivity index (χ2v) is 6.89. The minimum atomic E-state index is -4.63. The molecule has 1 heterocycles. The number of anilines is 4. The molecule has 156 valence electrons. The third-order valence-electron chi connectivity index (χ3n) is 3.73. The molecule has 0 aliphatic rings. The van der Waals surface area contributed by atoms with Gasteiger partial charge in [-0.05, 0) is 43.3 Å². The first-order chi connectivity index (χ1) is 14.1. The number of hydrogen-bond donors (Lipinski definition) is 3. The zero-order chi connectivity index (χ0) is 21.9. The molecule has 0 aliphatic heterocycles. The van der Waals surface area contributed by atoms with Gasteiger partial charge < -0.3 is 16.0 Å². The lowest BCUT2D eigenvalue weighted by molar-refractivity contribution is -0.137. The Morgan fingerprint density at radius 1 is 0.933 bits per heavy atom. The predicted octanol–water partition coefficient (Wildman–Crippen LogP) is 6.50. The molecule has 0 radical (unpaired) electrons. The van der Waals surface area contributed by atoms with Crippen LogP contribution in [0, 0.1) is 6.92 Å². The van der Waals surface area contributed by atoms with Crippen LogP contribution in [0.1, 0.15) is 11.4 Å². The highest BCUT2D eigenvalue weighted by atomic mass is 35.5. The number of alkyl halides is 3. The molecule has 0 fully saturated rings. The summed E-state index contributed by atoms with van der Waals surface area (Å²) < 4.78 is 38.8. The fraction of sp³-hybridized carbons (Fsp3) is 0.105. The summed E-state index contributed by atoms with van der Waals surface area (Å²) in [4.78, 5) is 20.4. The standard InChI is InChI=1S/C19H14Cl2F3N5O/c1-10-25-16(21)9-17(26-10)27-11-3-2-4-12(7-11)28-18(30)29-13-5-6-15(20)14(8-13)19(22,23)24/h2-9H,1H3,(H,25,26,27)(H2,28,29,30). The molecule has 3 aromatic rings. The van der Waals surface area contributed by atoms with Crippen molar-refractivity contribution in [1.29, 1.82) is 0 Å². The van der Waals surface area contributed by atoms with E-state index in [1.165, 1.54) is 6.07 Å². The average Bonchev–Trinajstić information content (AvgIpc) is 2.61. The molecular formula is C19H14Cl2F3N5O. The molecule has 11 heteroatoms. The third kappa shape index (κ3) is 5.74. The molecule has 0 unspecified atom stereocenters. The number of benzene rings is 2. The van der Waals surface area contributed by atoms with Crippen LogP contribution >= 0.6 is 23.2 Å². The summed E-state index contributed by atoms with van der Waals surface area (Å²) in [5.41, 5.74) is -0.0798. The number of carbonyl (C=O) groups excluding carboxylic acids is 1. The van der Waals surface area contributed by atoms with E-state index in [0.29, 0.717) is 23.0 Å². The van der Waals surface area contributed by atoms with Gasteiger partial charge in [0, 0.05) is 23.1 Å². The van der Waals surface area contributed by atoms with E-state index < -0.39 is 22.8 Å². The van der Waals surface area contributed by atoms with E-state index in [4.69, 9.17) is 23.2 Å². The van der Waals surface area contributed by atoms with Crippen LogP contribution < -0.4 is 16.0 Å². The van der Waals surface area contributed by atoms with Gasteiger partial charge in [-0.15, -0.1) is 0 Å². The first-order valence-electron chi connectivity index (χ1n) is 8.43. The number of rotatable bonds is 4. The fourth-order valence-electron chi connectivity index (χ4n) is 2.53. The average molecular weight is 456 g/mol. The van der Waals surface area contributed by atoms with Gasteiger partial charge in [0.25, 0.3) is 0 Å². The molecule has 1 aromatic heterocycles. The maximum Gasteiger partial charge on any atom is 0.417 e. The van der Waals surface area contributed by atoms with E-state index in [0.717, 1.165) is 12.1 Å². The number of nitrogens with zero attached hydrogens (tertiary/aromatic N) is 2. The second-order valence-electron chi connectivity index (χ2n) is 6.10. The van der Waals surface area contributed by atoms with Crippen LogP contribution in [-0.2, 0) is 6.18 Å². The van der Waals surface area contributed by atoms with Gasteiger partial charge in [-0.25, -0.2) is 14.8 Å². The highest BCUT2D eigenvalue weighted by Gasteiger charge is 2.33. The number of carbonyl (C=O) groups is 1. The molecular weight excluding hydrogens is 442 g/mol. The van der Waals surface area contributed by atoms with Crippen LogP contribution in [0.4, 0.5) is 40.8 Å². The summed E-state index contributed by atoms with van der Waals surface area (Å²) in [5, 5.41) is 7.75. The monoisotopic (exact) mass is 455 g/mol. The maximum atomic E-state index is 12.9. The number of urea groups is 1. The topological polar surface area (TPSA) is 78.9 Å². The van der Waals surface area contributed by atoms with Crippen LogP contribution in [0.25, 0.3) is 0 Å². The Kier molecular flexibility index (Phi) is 6.33. The van der Waals surface area contributed by atoms with E-state index in [-0.39, 0.29) is 10.8 Å². The highest BCUT2D eigenvalue weighted by molar-refractivity contribution is 6.31. The van der Waals surface area contributed by atoms with E-state index in [1.807, 2.05) is 0 Å². The number of halogens is 5. The molecule has 0 saturated heterocycles. The molecule has 0 atom stereocenters. The fourth-order valence-corrected chi connectivity index (χ4v) is 2.98. The van der Waals surface area contributed by atoms with Gasteiger partial charge in [0.1, 0.15) is 16.8 Å². The molecule has 6 nitrogen and oxygen atoms in total. The van der Waals surface area contributed by atoms with Crippen molar-refractivity contribution in [3.05, 3.63) is 70.1 Å². The second kappa shape index (κ2) is 8.76. The van der Waals surface area contributed by atoms with Gasteiger partial charge in [-0.2, -0.15) is 13.2 Å². The molecule has 3 N–H and O–H groups in total. The number of amides is 2. The van der Waals surface area contributed by atoms with E-state index in [2.05, 4.69) is 25.9 Å². The lowest BCUT2D eigenvalue weighted by Crippen LogP contribution is -2.20. The lowest BCUT2D eigenvalue weighted by Gasteiger charge is -2.13. The molecule has 2 amide bonds. The maximum absolute atomic E-state index is 12.9. The van der Waals surface area contributed by atoms with Gasteiger partial charge in [-0.1, -0.05) is 29.3 Å². The summed E-state index contributed by atoms with van der Waals surface area (Å²) in [6, 6.07) is 10.6. The molecule has 30 heavy (non-hydrogen) atoms. The van der Waals surface area contributed by atoms with Crippen molar-refractivity contribution in [2.75, 3.05) is 16.0 Å². The minimum absolute atomic E-state index is 0.0513. The number of nitrogens with one attached hydrogen (secondary N) is 3. The largest absolute Gasteiger partial charge is 0.417 e. The van der Waals surface area contributed by atoms with Crippen molar-refractivity contribution in [2.45, 2.75) is 13.1 Å². The Bertz CT molecular complexity index is 1070. The Balaban J connectivity index is 1.70. The van der Waals surface area contributed by atoms with Crippen molar-refractivity contribution in [2.24, 2.45) is 0 Å². The summed E-state index contributed by atoms with van der Waals surface area (Å²) in [6.45, 7) is 1.69. The number of aryl methyl sites for hydroxylation is 1. The lowest BCUT2D eigenvalue weighted by atomic mass is 10.2. The van der Waals surface area contributed by atoms with Crippen LogP contribution in [-0.4, -0.2) is 16.0 Å². The first-order valence-corrected chi connectivity index (χ1v) is 9.19. The summed E-state index contributed by atoms with van der Waals surface area (Å²) in [5.74, 6) is 0.954. The zero-order valence-electron chi connectivity index (χ0n) is 15.3. The van der Waals surface area contributed by atoms with E-state index in [1.54, 1.807) is 37.3 Å². The SMILES string of the molecule is Cc1nc(Cl)cc(Nc2cccc(NC(=O)Nc3ccc(Cl)c(C(F)(F)F)c3)c2)n1. The van der Waals surface area contributed by atoms with Gasteiger partial charge >= 0.3 is 12.2 Å². The van der Waals surface area contributed by atoms with Crippen molar-refractivity contribution in [1.82, 2.24) is 9.97 Å².